The largest absolute Gasteiger partial charge is 0.376 e. The number of nitrogens with one attached hydrogen (secondary N) is 2. The first-order valence-corrected chi connectivity index (χ1v) is 7.82. The van der Waals surface area contributed by atoms with Crippen LogP contribution in [0.15, 0.2) is 30.6 Å². The van der Waals surface area contributed by atoms with E-state index in [2.05, 4.69) is 20.6 Å². The van der Waals surface area contributed by atoms with Gasteiger partial charge in [0.05, 0.1) is 11.0 Å². The molecule has 1 atom stereocenters. The van der Waals surface area contributed by atoms with Crippen LogP contribution < -0.4 is 10.6 Å². The molecule has 8 nitrogen and oxygen atoms in total. The molecule has 2 heterocycles. The summed E-state index contributed by atoms with van der Waals surface area (Å²) in [5.41, 5.74) is 1.57. The van der Waals surface area contributed by atoms with Crippen LogP contribution in [0.4, 0.5) is 23.0 Å². The van der Waals surface area contributed by atoms with Crippen molar-refractivity contribution in [1.82, 2.24) is 9.97 Å². The van der Waals surface area contributed by atoms with E-state index in [1.807, 2.05) is 31.2 Å². The first-order valence-electron chi connectivity index (χ1n) is 7.82. The van der Waals surface area contributed by atoms with Gasteiger partial charge in [-0.15, -0.1) is 0 Å². The van der Waals surface area contributed by atoms with Gasteiger partial charge in [0.15, 0.2) is 0 Å². The summed E-state index contributed by atoms with van der Waals surface area (Å²) in [6.45, 7) is 3.14. The van der Waals surface area contributed by atoms with E-state index in [0.29, 0.717) is 6.54 Å². The standard InChI is InChI=1S/C16H19N5O3/c1-11-5-2-3-7-13(11)20-16-14(21(22)23)15(18-10-19-16)17-9-12-6-4-8-24-12/h2-3,5,7,10,12H,4,6,8-9H2,1H3,(H2,17,18,19,20). The van der Waals surface area contributed by atoms with Crippen LogP contribution in [0.3, 0.4) is 0 Å². The Morgan fingerprint density at radius 3 is 2.83 bits per heavy atom. The highest BCUT2D eigenvalue weighted by Gasteiger charge is 2.24. The molecule has 1 aliphatic rings. The second-order valence-electron chi connectivity index (χ2n) is 5.63. The molecule has 1 fully saturated rings. The van der Waals surface area contributed by atoms with Crippen molar-refractivity contribution in [1.29, 1.82) is 0 Å². The Labute approximate surface area is 139 Å². The number of anilines is 3. The molecule has 0 radical (unpaired) electrons. The van der Waals surface area contributed by atoms with Crippen molar-refractivity contribution < 1.29 is 9.66 Å². The lowest BCUT2D eigenvalue weighted by Gasteiger charge is -2.13. The van der Waals surface area contributed by atoms with Gasteiger partial charge in [-0.05, 0) is 31.4 Å². The fraction of sp³-hybridized carbons (Fsp3) is 0.375. The van der Waals surface area contributed by atoms with Crippen molar-refractivity contribution in [2.45, 2.75) is 25.9 Å². The average molecular weight is 329 g/mol. The van der Waals surface area contributed by atoms with E-state index in [1.165, 1.54) is 6.33 Å². The first-order chi connectivity index (χ1) is 11.6. The van der Waals surface area contributed by atoms with Crippen LogP contribution >= 0.6 is 0 Å². The second kappa shape index (κ2) is 7.22. The maximum atomic E-state index is 11.5. The molecular formula is C16H19N5O3. The van der Waals surface area contributed by atoms with E-state index in [0.717, 1.165) is 30.7 Å². The number of nitrogens with zero attached hydrogens (tertiary/aromatic N) is 3. The molecule has 0 bridgehead atoms. The average Bonchev–Trinajstić information content (AvgIpc) is 3.08. The van der Waals surface area contributed by atoms with E-state index in [4.69, 9.17) is 4.74 Å². The molecule has 0 spiro atoms. The van der Waals surface area contributed by atoms with E-state index in [9.17, 15) is 10.1 Å². The molecule has 3 rings (SSSR count). The second-order valence-corrected chi connectivity index (χ2v) is 5.63. The fourth-order valence-corrected chi connectivity index (χ4v) is 2.63. The van der Waals surface area contributed by atoms with Crippen molar-refractivity contribution in [3.05, 3.63) is 46.3 Å². The number of ether oxygens (including phenoxy) is 1. The zero-order chi connectivity index (χ0) is 16.9. The van der Waals surface area contributed by atoms with Crippen molar-refractivity contribution >= 4 is 23.0 Å². The molecule has 0 amide bonds. The van der Waals surface area contributed by atoms with Crippen LogP contribution in [-0.4, -0.2) is 34.1 Å². The number of aryl methyl sites for hydroxylation is 1. The monoisotopic (exact) mass is 329 g/mol. The van der Waals surface area contributed by atoms with Crippen molar-refractivity contribution in [2.75, 3.05) is 23.8 Å². The number of benzene rings is 1. The lowest BCUT2D eigenvalue weighted by molar-refractivity contribution is -0.383. The van der Waals surface area contributed by atoms with Crippen LogP contribution in [0, 0.1) is 17.0 Å². The summed E-state index contributed by atoms with van der Waals surface area (Å²) < 4.78 is 5.53. The number of para-hydroxylation sites is 1. The van der Waals surface area contributed by atoms with Gasteiger partial charge in [0.2, 0.25) is 11.6 Å². The van der Waals surface area contributed by atoms with Gasteiger partial charge >= 0.3 is 5.69 Å². The normalized spacial score (nSPS) is 16.8. The topological polar surface area (TPSA) is 102 Å². The van der Waals surface area contributed by atoms with Crippen molar-refractivity contribution in [3.63, 3.8) is 0 Å². The van der Waals surface area contributed by atoms with Gasteiger partial charge in [0.25, 0.3) is 0 Å². The lowest BCUT2D eigenvalue weighted by atomic mass is 10.2. The third kappa shape index (κ3) is 3.60. The highest BCUT2D eigenvalue weighted by Crippen LogP contribution is 2.32. The van der Waals surface area contributed by atoms with Crippen molar-refractivity contribution in [3.8, 4) is 0 Å². The number of nitro groups is 1. The number of hydrogen-bond acceptors (Lipinski definition) is 7. The number of rotatable bonds is 6. The Bertz CT molecular complexity index is 731. The first kappa shape index (κ1) is 16.1. The van der Waals surface area contributed by atoms with E-state index < -0.39 is 4.92 Å². The third-order valence-electron chi connectivity index (χ3n) is 3.92. The van der Waals surface area contributed by atoms with Gasteiger partial charge in [0.1, 0.15) is 6.33 Å². The predicted octanol–water partition coefficient (Wildman–Crippen LogP) is 3.03. The molecule has 1 aromatic heterocycles. The SMILES string of the molecule is Cc1ccccc1Nc1ncnc(NCC2CCCO2)c1[N+](=O)[O-]. The minimum Gasteiger partial charge on any atom is -0.376 e. The third-order valence-corrected chi connectivity index (χ3v) is 3.92. The zero-order valence-corrected chi connectivity index (χ0v) is 13.4. The van der Waals surface area contributed by atoms with E-state index in [1.54, 1.807) is 0 Å². The zero-order valence-electron chi connectivity index (χ0n) is 13.4. The predicted molar refractivity (Wildman–Crippen MR) is 90.6 cm³/mol. The highest BCUT2D eigenvalue weighted by atomic mass is 16.6. The maximum absolute atomic E-state index is 11.5. The molecule has 126 valence electrons. The minimum atomic E-state index is -0.474. The Morgan fingerprint density at radius 1 is 1.33 bits per heavy atom. The summed E-state index contributed by atoms with van der Waals surface area (Å²) in [6, 6.07) is 7.54. The summed E-state index contributed by atoms with van der Waals surface area (Å²) in [5.74, 6) is 0.362. The Morgan fingerprint density at radius 2 is 2.12 bits per heavy atom. The smallest absolute Gasteiger partial charge is 0.353 e. The molecule has 1 aliphatic heterocycles. The molecule has 24 heavy (non-hydrogen) atoms. The van der Waals surface area contributed by atoms with Crippen LogP contribution in [0.2, 0.25) is 0 Å². The van der Waals surface area contributed by atoms with E-state index in [-0.39, 0.29) is 23.4 Å². The summed E-state index contributed by atoms with van der Waals surface area (Å²) in [6.07, 6.45) is 3.33. The molecule has 1 aromatic carbocycles. The van der Waals surface area contributed by atoms with E-state index >= 15 is 0 Å². The molecule has 0 aliphatic carbocycles. The quantitative estimate of drug-likeness (QED) is 0.620. The molecule has 1 unspecified atom stereocenters. The van der Waals surface area contributed by atoms with Crippen LogP contribution in [-0.2, 0) is 4.74 Å². The summed E-state index contributed by atoms with van der Waals surface area (Å²) in [4.78, 5) is 19.1. The lowest BCUT2D eigenvalue weighted by Crippen LogP contribution is -2.20. The highest BCUT2D eigenvalue weighted by molar-refractivity contribution is 5.74. The van der Waals surface area contributed by atoms with Gasteiger partial charge in [-0.3, -0.25) is 10.1 Å². The molecule has 1 saturated heterocycles. The van der Waals surface area contributed by atoms with Gasteiger partial charge in [-0.1, -0.05) is 18.2 Å². The number of aromatic nitrogens is 2. The molecular weight excluding hydrogens is 310 g/mol. The van der Waals surface area contributed by atoms with Gasteiger partial charge in [-0.2, -0.15) is 0 Å². The Hall–Kier alpha value is -2.74. The van der Waals surface area contributed by atoms with Crippen LogP contribution in [0.5, 0.6) is 0 Å². The minimum absolute atomic E-state index is 0.0624. The fourth-order valence-electron chi connectivity index (χ4n) is 2.63. The molecule has 8 heteroatoms. The van der Waals surface area contributed by atoms with Crippen LogP contribution in [0.1, 0.15) is 18.4 Å². The summed E-state index contributed by atoms with van der Waals surface area (Å²) in [7, 11) is 0. The molecule has 2 aromatic rings. The summed E-state index contributed by atoms with van der Waals surface area (Å²) in [5, 5.41) is 17.6. The summed E-state index contributed by atoms with van der Waals surface area (Å²) >= 11 is 0. The Balaban J connectivity index is 1.84. The van der Waals surface area contributed by atoms with Gasteiger partial charge < -0.3 is 15.4 Å². The Kier molecular flexibility index (Phi) is 4.85. The molecule has 2 N–H and O–H groups in total. The van der Waals surface area contributed by atoms with Gasteiger partial charge in [0, 0.05) is 18.8 Å². The van der Waals surface area contributed by atoms with Crippen molar-refractivity contribution in [2.24, 2.45) is 0 Å². The maximum Gasteiger partial charge on any atom is 0.353 e. The number of hydrogen-bond donors (Lipinski definition) is 2. The van der Waals surface area contributed by atoms with Gasteiger partial charge in [-0.25, -0.2) is 9.97 Å². The molecule has 0 saturated carbocycles. The van der Waals surface area contributed by atoms with Crippen LogP contribution in [0.25, 0.3) is 0 Å².